The van der Waals surface area contributed by atoms with Gasteiger partial charge in [-0.2, -0.15) is 0 Å². The maximum absolute atomic E-state index is 13.0. The highest BCUT2D eigenvalue weighted by Crippen LogP contribution is 2.12. The average molecular weight is 312 g/mol. The number of rotatable bonds is 3. The van der Waals surface area contributed by atoms with E-state index < -0.39 is 11.6 Å². The minimum atomic E-state index is -0.955. The number of pyridine rings is 1. The molecule has 18 heavy (non-hydrogen) atoms. The number of hydrogen-bond acceptors (Lipinski definition) is 2. The minimum Gasteiger partial charge on any atom is -0.292 e. The SMILES string of the molecule is O=C(Cc1ccc(F)c(F)c1)c1ccc(Br)cn1. The van der Waals surface area contributed by atoms with Crippen molar-refractivity contribution in [3.8, 4) is 0 Å². The monoisotopic (exact) mass is 311 g/mol. The Hall–Kier alpha value is -1.62. The Labute approximate surface area is 111 Å². The molecule has 0 saturated carbocycles. The van der Waals surface area contributed by atoms with Gasteiger partial charge in [-0.15, -0.1) is 0 Å². The van der Waals surface area contributed by atoms with Crippen LogP contribution in [0.2, 0.25) is 0 Å². The smallest absolute Gasteiger partial charge is 0.185 e. The molecular weight excluding hydrogens is 304 g/mol. The molecule has 2 aromatic rings. The maximum atomic E-state index is 13.0. The quantitative estimate of drug-likeness (QED) is 0.811. The van der Waals surface area contributed by atoms with Gasteiger partial charge in [0.15, 0.2) is 17.4 Å². The highest BCUT2D eigenvalue weighted by Gasteiger charge is 2.10. The molecule has 0 atom stereocenters. The van der Waals surface area contributed by atoms with Gasteiger partial charge in [-0.1, -0.05) is 6.07 Å². The summed E-state index contributed by atoms with van der Waals surface area (Å²) >= 11 is 3.21. The van der Waals surface area contributed by atoms with Crippen LogP contribution in [0.3, 0.4) is 0 Å². The first-order valence-electron chi connectivity index (χ1n) is 5.15. The fourth-order valence-electron chi connectivity index (χ4n) is 1.47. The number of nitrogens with zero attached hydrogens (tertiary/aromatic N) is 1. The second-order valence-corrected chi connectivity index (χ2v) is 4.63. The van der Waals surface area contributed by atoms with Crippen LogP contribution in [0.15, 0.2) is 41.0 Å². The first-order valence-corrected chi connectivity index (χ1v) is 5.94. The lowest BCUT2D eigenvalue weighted by atomic mass is 10.1. The Morgan fingerprint density at radius 2 is 1.94 bits per heavy atom. The van der Waals surface area contributed by atoms with Gasteiger partial charge < -0.3 is 0 Å². The summed E-state index contributed by atoms with van der Waals surface area (Å²) in [5.41, 5.74) is 0.714. The van der Waals surface area contributed by atoms with Crippen LogP contribution in [0.1, 0.15) is 16.1 Å². The number of Topliss-reactive ketones (excluding diaryl/α,β-unsaturated/α-hetero) is 1. The fraction of sp³-hybridized carbons (Fsp3) is 0.0769. The molecule has 1 aromatic heterocycles. The summed E-state index contributed by atoms with van der Waals surface area (Å²) in [6.07, 6.45) is 1.50. The van der Waals surface area contributed by atoms with E-state index in [0.29, 0.717) is 11.3 Å². The second-order valence-electron chi connectivity index (χ2n) is 3.71. The summed E-state index contributed by atoms with van der Waals surface area (Å²) in [6, 6.07) is 6.69. The summed E-state index contributed by atoms with van der Waals surface area (Å²) in [4.78, 5) is 15.8. The van der Waals surface area contributed by atoms with Crippen molar-refractivity contribution >= 4 is 21.7 Å². The summed E-state index contributed by atoms with van der Waals surface area (Å²) in [5.74, 6) is -2.12. The van der Waals surface area contributed by atoms with Crippen LogP contribution in [0.5, 0.6) is 0 Å². The van der Waals surface area contributed by atoms with E-state index >= 15 is 0 Å². The molecule has 0 amide bonds. The van der Waals surface area contributed by atoms with Crippen LogP contribution >= 0.6 is 15.9 Å². The molecule has 0 aliphatic heterocycles. The van der Waals surface area contributed by atoms with Crippen molar-refractivity contribution in [2.24, 2.45) is 0 Å². The number of benzene rings is 1. The van der Waals surface area contributed by atoms with Crippen molar-refractivity contribution in [2.75, 3.05) is 0 Å². The van der Waals surface area contributed by atoms with Gasteiger partial charge in [-0.25, -0.2) is 8.78 Å². The van der Waals surface area contributed by atoms with E-state index in [9.17, 15) is 13.6 Å². The van der Waals surface area contributed by atoms with E-state index in [1.54, 1.807) is 12.1 Å². The predicted octanol–water partition coefficient (Wildman–Crippen LogP) is 3.55. The predicted molar refractivity (Wildman–Crippen MR) is 66.3 cm³/mol. The number of carbonyl (C=O) groups excluding carboxylic acids is 1. The first-order chi connectivity index (χ1) is 8.56. The standard InChI is InChI=1S/C13H8BrF2NO/c14-9-2-4-12(17-7-9)13(18)6-8-1-3-10(15)11(16)5-8/h1-5,7H,6H2. The minimum absolute atomic E-state index is 0.00810. The van der Waals surface area contributed by atoms with Crippen LogP contribution in [0.25, 0.3) is 0 Å². The van der Waals surface area contributed by atoms with Gasteiger partial charge in [0.25, 0.3) is 0 Å². The molecule has 2 rings (SSSR count). The van der Waals surface area contributed by atoms with Crippen molar-refractivity contribution in [1.29, 1.82) is 0 Å². The van der Waals surface area contributed by atoms with E-state index in [-0.39, 0.29) is 12.2 Å². The second kappa shape index (κ2) is 5.35. The number of halogens is 3. The Morgan fingerprint density at radius 1 is 1.17 bits per heavy atom. The molecule has 92 valence electrons. The number of ketones is 1. The Balaban J connectivity index is 2.16. The molecule has 0 radical (unpaired) electrons. The van der Waals surface area contributed by atoms with Crippen molar-refractivity contribution in [1.82, 2.24) is 4.98 Å². The zero-order valence-electron chi connectivity index (χ0n) is 9.16. The van der Waals surface area contributed by atoms with Crippen molar-refractivity contribution in [3.05, 3.63) is 63.9 Å². The largest absolute Gasteiger partial charge is 0.292 e. The molecule has 1 aromatic carbocycles. The molecule has 0 spiro atoms. The number of hydrogen-bond donors (Lipinski definition) is 0. The summed E-state index contributed by atoms with van der Waals surface area (Å²) < 4.78 is 26.5. The highest BCUT2D eigenvalue weighted by atomic mass is 79.9. The lowest BCUT2D eigenvalue weighted by molar-refractivity contribution is 0.0988. The van der Waals surface area contributed by atoms with E-state index in [1.807, 2.05) is 0 Å². The van der Waals surface area contributed by atoms with Gasteiger partial charge in [0, 0.05) is 17.1 Å². The van der Waals surface area contributed by atoms with Crippen molar-refractivity contribution in [3.63, 3.8) is 0 Å². The summed E-state index contributed by atoms with van der Waals surface area (Å²) in [5, 5.41) is 0. The Kier molecular flexibility index (Phi) is 3.81. The normalized spacial score (nSPS) is 10.4. The maximum Gasteiger partial charge on any atom is 0.185 e. The molecule has 0 bridgehead atoms. The van der Waals surface area contributed by atoms with Crippen LogP contribution in [-0.2, 0) is 6.42 Å². The summed E-state index contributed by atoms with van der Waals surface area (Å²) in [6.45, 7) is 0. The van der Waals surface area contributed by atoms with Gasteiger partial charge in [-0.3, -0.25) is 9.78 Å². The van der Waals surface area contributed by atoms with Crippen LogP contribution in [0.4, 0.5) is 8.78 Å². The fourth-order valence-corrected chi connectivity index (χ4v) is 1.70. The molecule has 5 heteroatoms. The third-order valence-electron chi connectivity index (χ3n) is 2.36. The Morgan fingerprint density at radius 3 is 2.56 bits per heavy atom. The molecule has 0 aliphatic rings. The van der Waals surface area contributed by atoms with Crippen LogP contribution in [0, 0.1) is 11.6 Å². The van der Waals surface area contributed by atoms with E-state index in [0.717, 1.165) is 16.6 Å². The van der Waals surface area contributed by atoms with Crippen LogP contribution < -0.4 is 0 Å². The molecule has 1 heterocycles. The lowest BCUT2D eigenvalue weighted by Gasteiger charge is -2.02. The highest BCUT2D eigenvalue weighted by molar-refractivity contribution is 9.10. The van der Waals surface area contributed by atoms with Crippen LogP contribution in [-0.4, -0.2) is 10.8 Å². The topological polar surface area (TPSA) is 30.0 Å². The summed E-state index contributed by atoms with van der Waals surface area (Å²) in [7, 11) is 0. The van der Waals surface area contributed by atoms with E-state index in [1.165, 1.54) is 12.3 Å². The van der Waals surface area contributed by atoms with Crippen molar-refractivity contribution in [2.45, 2.75) is 6.42 Å². The molecule has 0 aliphatic carbocycles. The van der Waals surface area contributed by atoms with E-state index in [4.69, 9.17) is 0 Å². The Bertz CT molecular complexity index is 584. The lowest BCUT2D eigenvalue weighted by Crippen LogP contribution is -2.06. The zero-order valence-corrected chi connectivity index (χ0v) is 10.7. The van der Waals surface area contributed by atoms with Gasteiger partial charge in [-0.05, 0) is 45.8 Å². The van der Waals surface area contributed by atoms with Gasteiger partial charge >= 0.3 is 0 Å². The molecule has 0 N–H and O–H groups in total. The average Bonchev–Trinajstić information content (AvgIpc) is 2.34. The number of aromatic nitrogens is 1. The third-order valence-corrected chi connectivity index (χ3v) is 2.83. The number of carbonyl (C=O) groups is 1. The molecule has 2 nitrogen and oxygen atoms in total. The van der Waals surface area contributed by atoms with Gasteiger partial charge in [0.2, 0.25) is 0 Å². The molecule has 0 saturated heterocycles. The first kappa shape index (κ1) is 12.8. The molecule has 0 fully saturated rings. The molecule has 0 unspecified atom stereocenters. The zero-order chi connectivity index (χ0) is 13.1. The van der Waals surface area contributed by atoms with Gasteiger partial charge in [0.05, 0.1) is 0 Å². The molecular formula is C13H8BrF2NO. The van der Waals surface area contributed by atoms with Gasteiger partial charge in [0.1, 0.15) is 5.69 Å². The van der Waals surface area contributed by atoms with Crippen molar-refractivity contribution < 1.29 is 13.6 Å². The van der Waals surface area contributed by atoms with E-state index in [2.05, 4.69) is 20.9 Å². The third kappa shape index (κ3) is 2.98.